The minimum absolute atomic E-state index is 0.745. The number of hydrogen-bond donors (Lipinski definition) is 0. The third kappa shape index (κ3) is 14.5. The summed E-state index contributed by atoms with van der Waals surface area (Å²) < 4.78 is 198. The second-order valence-corrected chi connectivity index (χ2v) is 21.8. The Morgan fingerprint density at radius 2 is 0.512 bits per heavy atom. The maximum atomic E-state index is 10.7. The molecule has 0 unspecified atom stereocenters. The third-order valence-electron chi connectivity index (χ3n) is 3.47. The first kappa shape index (κ1) is 38.3. The quantitative estimate of drug-likeness (QED) is 0.208. The third-order valence-corrected chi connectivity index (χ3v) is 17.0. The van der Waals surface area contributed by atoms with Gasteiger partial charge in [-0.05, 0) is 6.92 Å². The van der Waals surface area contributed by atoms with Crippen LogP contribution in [-0.2, 0) is 114 Å². The van der Waals surface area contributed by atoms with Crippen LogP contribution >= 0.6 is 0 Å². The van der Waals surface area contributed by atoms with E-state index < -0.39 is 128 Å². The van der Waals surface area contributed by atoms with Crippen molar-refractivity contribution in [3.8, 4) is 0 Å². The molecule has 0 atom stereocenters. The molecule has 32 heteroatoms. The molecule has 24 nitrogen and oxygen atoms in total. The van der Waals surface area contributed by atoms with E-state index in [1.807, 2.05) is 0 Å². The number of hydrogen-bond acceptors (Lipinski definition) is 24. The molecular formula is C9H18O24S8. The van der Waals surface area contributed by atoms with Gasteiger partial charge in [0.2, 0.25) is 19.8 Å². The lowest BCUT2D eigenvalue weighted by Gasteiger charge is -2.17. The van der Waals surface area contributed by atoms with Gasteiger partial charge in [0.15, 0.2) is 27.2 Å². The Kier molecular flexibility index (Phi) is 12.6. The molecule has 0 radical (unpaired) electrons. The lowest BCUT2D eigenvalue weighted by atomic mass is 11.0. The Hall–Kier alpha value is -0.720. The van der Waals surface area contributed by atoms with Gasteiger partial charge >= 0.3 is 0 Å². The Morgan fingerprint density at radius 3 is 0.634 bits per heavy atom. The lowest BCUT2D eigenvalue weighted by molar-refractivity contribution is 0.119. The Bertz CT molecular complexity index is 1520. The average molecular weight is 767 g/mol. The average Bonchev–Trinajstić information content (AvgIpc) is 2.68. The van der Waals surface area contributed by atoms with E-state index in [1.54, 1.807) is 0 Å². The molecule has 0 saturated carbocycles. The van der Waals surface area contributed by atoms with Crippen molar-refractivity contribution in [2.75, 3.05) is 42.4 Å². The van der Waals surface area contributed by atoms with E-state index in [9.17, 15) is 67.3 Å². The van der Waals surface area contributed by atoms with E-state index in [-0.39, 0.29) is 0 Å². The molecule has 4 aliphatic heterocycles. The van der Waals surface area contributed by atoms with E-state index >= 15 is 0 Å². The van der Waals surface area contributed by atoms with Gasteiger partial charge in [-0.15, -0.1) is 0 Å². The van der Waals surface area contributed by atoms with Gasteiger partial charge in [0.05, 0.1) is 0 Å². The first-order valence-corrected chi connectivity index (χ1v) is 21.5. The van der Waals surface area contributed by atoms with E-state index in [4.69, 9.17) is 0 Å². The van der Waals surface area contributed by atoms with Crippen molar-refractivity contribution in [1.29, 1.82) is 0 Å². The highest BCUT2D eigenvalue weighted by atomic mass is 32.3. The van der Waals surface area contributed by atoms with E-state index in [1.165, 1.54) is 0 Å². The molecule has 0 amide bonds. The minimum Gasteiger partial charge on any atom is -0.239 e. The normalized spacial score (nSPS) is 29.7. The zero-order valence-electron chi connectivity index (χ0n) is 19.6. The Labute approximate surface area is 234 Å². The fourth-order valence-electron chi connectivity index (χ4n) is 1.72. The van der Waals surface area contributed by atoms with Crippen LogP contribution in [0.25, 0.3) is 0 Å². The van der Waals surface area contributed by atoms with E-state index in [0.717, 1.165) is 6.92 Å². The van der Waals surface area contributed by atoms with Crippen LogP contribution in [0, 0.1) is 0 Å². The summed E-state index contributed by atoms with van der Waals surface area (Å²) in [7, 11) is -31.4. The largest absolute Gasteiger partial charge is 0.289 e. The van der Waals surface area contributed by atoms with Crippen molar-refractivity contribution < 1.29 is 101 Å². The molecule has 4 aliphatic rings. The van der Waals surface area contributed by atoms with Gasteiger partial charge in [-0.1, -0.05) is 0 Å². The molecule has 0 bridgehead atoms. The van der Waals surface area contributed by atoms with Crippen LogP contribution in [0.4, 0.5) is 0 Å². The number of rotatable bonds is 0. The molecule has 4 heterocycles. The predicted octanol–water partition coefficient (Wildman–Crippen LogP) is -5.18. The van der Waals surface area contributed by atoms with Crippen molar-refractivity contribution in [1.82, 2.24) is 0 Å². The van der Waals surface area contributed by atoms with E-state index in [2.05, 4.69) is 33.5 Å². The van der Waals surface area contributed by atoms with Gasteiger partial charge in [-0.2, -0.15) is 67.3 Å². The fourth-order valence-corrected chi connectivity index (χ4v) is 11.2. The van der Waals surface area contributed by atoms with Crippen molar-refractivity contribution >= 4 is 80.9 Å². The van der Waals surface area contributed by atoms with Crippen LogP contribution in [-0.4, -0.2) is 114 Å². The first-order valence-electron chi connectivity index (χ1n) is 9.09. The van der Waals surface area contributed by atoms with Crippen molar-refractivity contribution in [2.24, 2.45) is 0 Å². The molecule has 4 fully saturated rings. The molecule has 0 aromatic rings. The molecular weight excluding hydrogens is 749 g/mol. The molecule has 4 saturated heterocycles. The van der Waals surface area contributed by atoms with Gasteiger partial charge < -0.3 is 0 Å². The highest BCUT2D eigenvalue weighted by Gasteiger charge is 2.40. The summed E-state index contributed by atoms with van der Waals surface area (Å²) >= 11 is 0. The van der Waals surface area contributed by atoms with Gasteiger partial charge in [0.1, 0.15) is 0 Å². The summed E-state index contributed by atoms with van der Waals surface area (Å²) in [4.78, 5) is 0. The molecule has 0 N–H and O–H groups in total. The summed E-state index contributed by atoms with van der Waals surface area (Å²) in [6, 6.07) is 0. The predicted molar refractivity (Wildman–Crippen MR) is 124 cm³/mol. The van der Waals surface area contributed by atoms with Gasteiger partial charge in [0, 0.05) is 0 Å². The topological polar surface area (TPSA) is 347 Å². The van der Waals surface area contributed by atoms with Crippen LogP contribution in [0.3, 0.4) is 0 Å². The van der Waals surface area contributed by atoms with E-state index in [0.29, 0.717) is 0 Å². The molecule has 4 rings (SSSR count). The SMILES string of the molecule is CC1S(=O)(=O)OCOS1(=O)=O.O=S1(=O)CS(=O)(=O)OCO1.O=S1(=O)CS(=O)(=O)OCO1.O=S1(=O)CS(=O)(=O)OCO1. The zero-order chi connectivity index (χ0) is 32.2. The van der Waals surface area contributed by atoms with Gasteiger partial charge in [-0.25, -0.2) is 33.5 Å². The van der Waals surface area contributed by atoms with Gasteiger partial charge in [0.25, 0.3) is 80.9 Å². The van der Waals surface area contributed by atoms with Crippen LogP contribution in [0.15, 0.2) is 0 Å². The summed E-state index contributed by atoms with van der Waals surface area (Å²) in [5.41, 5.74) is 0. The molecule has 41 heavy (non-hydrogen) atoms. The monoisotopic (exact) mass is 766 g/mol. The van der Waals surface area contributed by atoms with Crippen LogP contribution in [0.5, 0.6) is 0 Å². The smallest absolute Gasteiger partial charge is 0.239 e. The lowest BCUT2D eigenvalue weighted by Crippen LogP contribution is -2.36. The molecule has 0 aliphatic carbocycles. The second kappa shape index (κ2) is 13.5. The molecule has 246 valence electrons. The molecule has 0 spiro atoms. The van der Waals surface area contributed by atoms with Gasteiger partial charge in [-0.3, -0.25) is 0 Å². The Morgan fingerprint density at radius 1 is 0.341 bits per heavy atom. The zero-order valence-corrected chi connectivity index (χ0v) is 26.1. The van der Waals surface area contributed by atoms with Crippen molar-refractivity contribution in [3.63, 3.8) is 0 Å². The Balaban J connectivity index is 0.000000274. The standard InChI is InChI=1S/C3H6O6S2.3C2H4O6S2/c1-3-10(4,5)8-2-9-11(3,6)7;3*3-9(4)2-10(5,6)8-1-7-9/h3H,2H2,1H3;3*1-2H2. The summed E-state index contributed by atoms with van der Waals surface area (Å²) in [5, 5.41) is -3.29. The van der Waals surface area contributed by atoms with Crippen molar-refractivity contribution in [3.05, 3.63) is 0 Å². The summed E-state index contributed by atoms with van der Waals surface area (Å²) in [6.45, 7) is -2.00. The summed E-state index contributed by atoms with van der Waals surface area (Å²) in [5.74, 6) is 0. The highest BCUT2D eigenvalue weighted by molar-refractivity contribution is 8.05. The van der Waals surface area contributed by atoms with Crippen LogP contribution in [0.1, 0.15) is 6.92 Å². The maximum Gasteiger partial charge on any atom is 0.289 e. The van der Waals surface area contributed by atoms with Crippen LogP contribution in [0.2, 0.25) is 0 Å². The maximum absolute atomic E-state index is 10.7. The summed E-state index contributed by atoms with van der Waals surface area (Å²) in [6.07, 6.45) is 0. The van der Waals surface area contributed by atoms with Crippen LogP contribution < -0.4 is 0 Å². The van der Waals surface area contributed by atoms with Crippen molar-refractivity contribution in [2.45, 2.75) is 11.5 Å². The minimum atomic E-state index is -3.98. The fraction of sp³-hybridized carbons (Fsp3) is 1.00. The first-order chi connectivity index (χ1) is 18.1. The molecule has 0 aromatic carbocycles. The highest BCUT2D eigenvalue weighted by Crippen LogP contribution is 2.18. The molecule has 0 aromatic heterocycles. The second-order valence-electron chi connectivity index (χ2n) is 6.67.